The largest absolute Gasteiger partial charge is 0.418 e. The molecule has 0 aliphatic rings. The number of amides is 1. The van der Waals surface area contributed by atoms with Crippen LogP contribution in [-0.2, 0) is 11.0 Å². The molecule has 1 unspecified atom stereocenters. The van der Waals surface area contributed by atoms with Gasteiger partial charge >= 0.3 is 6.18 Å². The topological polar surface area (TPSA) is 64.0 Å². The van der Waals surface area contributed by atoms with Crippen LogP contribution in [0.4, 0.5) is 18.9 Å². The van der Waals surface area contributed by atoms with Gasteiger partial charge in [0.1, 0.15) is 10.9 Å². The summed E-state index contributed by atoms with van der Waals surface area (Å²) in [7, 11) is 0. The van der Waals surface area contributed by atoms with Crippen molar-refractivity contribution in [2.45, 2.75) is 33.0 Å². The second-order valence-corrected chi connectivity index (χ2v) is 8.65. The number of benzene rings is 2. The third-order valence-corrected chi connectivity index (χ3v) is 6.51. The first kappa shape index (κ1) is 22.7. The predicted molar refractivity (Wildman–Crippen MR) is 124 cm³/mol. The maximum atomic E-state index is 13.3. The number of anilines is 1. The number of carbonyl (C=O) groups excluding carboxylic acids is 1. The number of halogens is 3. The second kappa shape index (κ2) is 8.47. The normalized spacial score (nSPS) is 12.7. The maximum absolute atomic E-state index is 13.3. The Morgan fingerprint density at radius 3 is 2.55 bits per heavy atom. The van der Waals surface area contributed by atoms with Gasteiger partial charge in [0.25, 0.3) is 5.56 Å². The highest BCUT2D eigenvalue weighted by Crippen LogP contribution is 2.35. The quantitative estimate of drug-likeness (QED) is 0.399. The van der Waals surface area contributed by atoms with Gasteiger partial charge in [-0.05, 0) is 49.6 Å². The summed E-state index contributed by atoms with van der Waals surface area (Å²) in [4.78, 5) is 31.0. The zero-order chi connectivity index (χ0) is 23.9. The lowest BCUT2D eigenvalue weighted by Crippen LogP contribution is -2.32. The Morgan fingerprint density at radius 2 is 1.85 bits per heavy atom. The first-order valence-corrected chi connectivity index (χ1v) is 11.0. The first-order valence-electron chi connectivity index (χ1n) is 10.1. The van der Waals surface area contributed by atoms with Gasteiger partial charge in [0.2, 0.25) is 5.91 Å². The van der Waals surface area contributed by atoms with Crippen molar-refractivity contribution in [1.82, 2.24) is 9.55 Å². The lowest BCUT2D eigenvalue weighted by molar-refractivity contribution is -0.137. The third kappa shape index (κ3) is 4.28. The Kier molecular flexibility index (Phi) is 5.84. The minimum absolute atomic E-state index is 0.365. The molecule has 0 fully saturated rings. The summed E-state index contributed by atoms with van der Waals surface area (Å²) < 4.78 is 41.0. The lowest BCUT2D eigenvalue weighted by Gasteiger charge is -2.18. The van der Waals surface area contributed by atoms with Crippen LogP contribution >= 0.6 is 11.3 Å². The molecule has 1 amide bonds. The van der Waals surface area contributed by atoms with E-state index in [1.165, 1.54) is 42.8 Å². The van der Waals surface area contributed by atoms with E-state index < -0.39 is 29.2 Å². The summed E-state index contributed by atoms with van der Waals surface area (Å²) in [6.45, 7) is 5.42. The van der Waals surface area contributed by atoms with Crippen LogP contribution in [0.5, 0.6) is 0 Å². The van der Waals surface area contributed by atoms with E-state index >= 15 is 0 Å². The molecule has 9 heteroatoms. The van der Waals surface area contributed by atoms with Gasteiger partial charge < -0.3 is 5.32 Å². The van der Waals surface area contributed by atoms with E-state index in [9.17, 15) is 22.8 Å². The Balaban J connectivity index is 1.72. The van der Waals surface area contributed by atoms with E-state index in [2.05, 4.69) is 10.3 Å². The Labute approximate surface area is 191 Å². The van der Waals surface area contributed by atoms with Crippen molar-refractivity contribution < 1.29 is 18.0 Å². The molecule has 4 rings (SSSR count). The Hall–Kier alpha value is -3.46. The number of nitrogens with zero attached hydrogens (tertiary/aromatic N) is 2. The molecule has 4 aromatic rings. The number of alkyl halides is 3. The second-order valence-electron chi connectivity index (χ2n) is 7.79. The lowest BCUT2D eigenvalue weighted by atomic mass is 10.0. The molecule has 0 saturated carbocycles. The van der Waals surface area contributed by atoms with Gasteiger partial charge in [0.05, 0.1) is 23.0 Å². The molecule has 1 N–H and O–H groups in total. The smallest absolute Gasteiger partial charge is 0.324 e. The molecule has 5 nitrogen and oxygen atoms in total. The molecular weight excluding hydrogens is 451 g/mol. The minimum Gasteiger partial charge on any atom is -0.324 e. The van der Waals surface area contributed by atoms with E-state index in [1.807, 2.05) is 37.4 Å². The van der Waals surface area contributed by atoms with Crippen LogP contribution < -0.4 is 10.9 Å². The highest BCUT2D eigenvalue weighted by Gasteiger charge is 2.34. The van der Waals surface area contributed by atoms with Crippen LogP contribution in [0.1, 0.15) is 29.7 Å². The number of fused-ring (bicyclic) bond motifs is 1. The van der Waals surface area contributed by atoms with Crippen LogP contribution in [0, 0.1) is 13.8 Å². The minimum atomic E-state index is -4.62. The molecule has 2 aromatic carbocycles. The van der Waals surface area contributed by atoms with Gasteiger partial charge in [0, 0.05) is 10.9 Å². The molecule has 33 heavy (non-hydrogen) atoms. The van der Waals surface area contributed by atoms with E-state index in [0.29, 0.717) is 15.8 Å². The Bertz CT molecular complexity index is 1420. The fourth-order valence-corrected chi connectivity index (χ4v) is 4.45. The maximum Gasteiger partial charge on any atom is 0.418 e. The molecule has 170 valence electrons. The molecule has 0 bridgehead atoms. The van der Waals surface area contributed by atoms with Crippen molar-refractivity contribution in [2.75, 3.05) is 5.32 Å². The third-order valence-electron chi connectivity index (χ3n) is 5.62. The van der Waals surface area contributed by atoms with Gasteiger partial charge in [-0.1, -0.05) is 30.3 Å². The van der Waals surface area contributed by atoms with Gasteiger partial charge in [-0.3, -0.25) is 14.2 Å². The fraction of sp³-hybridized carbons (Fsp3) is 0.208. The van der Waals surface area contributed by atoms with Crippen molar-refractivity contribution in [2.24, 2.45) is 0 Å². The summed E-state index contributed by atoms with van der Waals surface area (Å²) in [5.41, 5.74) is 2.01. The van der Waals surface area contributed by atoms with E-state index in [4.69, 9.17) is 0 Å². The molecule has 0 spiro atoms. The Morgan fingerprint density at radius 1 is 1.12 bits per heavy atom. The van der Waals surface area contributed by atoms with Gasteiger partial charge in [0.15, 0.2) is 0 Å². The number of hydrogen-bond donors (Lipinski definition) is 1. The summed E-state index contributed by atoms with van der Waals surface area (Å²) >= 11 is 1.32. The molecule has 0 aliphatic carbocycles. The molecule has 0 aliphatic heterocycles. The molecule has 2 aromatic heterocycles. The molecule has 1 atom stereocenters. The van der Waals surface area contributed by atoms with Crippen molar-refractivity contribution in [1.29, 1.82) is 0 Å². The average molecular weight is 472 g/mol. The number of carbonyl (C=O) groups is 1. The van der Waals surface area contributed by atoms with Crippen molar-refractivity contribution in [3.8, 4) is 11.1 Å². The summed E-state index contributed by atoms with van der Waals surface area (Å²) in [5.74, 6) is -0.752. The zero-order valence-electron chi connectivity index (χ0n) is 18.0. The number of aromatic nitrogens is 2. The average Bonchev–Trinajstić information content (AvgIpc) is 3.20. The number of rotatable bonds is 4. The van der Waals surface area contributed by atoms with Crippen LogP contribution in [-0.4, -0.2) is 15.5 Å². The van der Waals surface area contributed by atoms with Gasteiger partial charge in [-0.25, -0.2) is 4.98 Å². The predicted octanol–water partition coefficient (Wildman–Crippen LogP) is 5.96. The first-order chi connectivity index (χ1) is 15.6. The highest BCUT2D eigenvalue weighted by atomic mass is 32.1. The number of para-hydroxylation sites is 1. The zero-order valence-corrected chi connectivity index (χ0v) is 18.8. The molecular formula is C24H20F3N3O2S. The van der Waals surface area contributed by atoms with Crippen molar-refractivity contribution >= 4 is 33.1 Å². The standard InChI is InChI=1S/C24H20F3N3O2S/c1-13-8-9-16(10-14(13)2)17-11-33-22-20(17)23(32)30(12-28-22)15(3)21(31)29-19-7-5-4-6-18(19)24(25,26)27/h4-12,15H,1-3H3,(H,29,31). The van der Waals surface area contributed by atoms with Crippen LogP contribution in [0.15, 0.2) is 59.0 Å². The summed E-state index contributed by atoms with van der Waals surface area (Å²) in [6.07, 6.45) is -3.37. The van der Waals surface area contributed by atoms with Crippen LogP contribution in [0.25, 0.3) is 21.3 Å². The number of thiophene rings is 1. The highest BCUT2D eigenvalue weighted by molar-refractivity contribution is 7.17. The van der Waals surface area contributed by atoms with Crippen LogP contribution in [0.2, 0.25) is 0 Å². The molecule has 2 heterocycles. The number of aryl methyl sites for hydroxylation is 2. The number of hydrogen-bond acceptors (Lipinski definition) is 4. The van der Waals surface area contributed by atoms with E-state index in [0.717, 1.165) is 27.3 Å². The van der Waals surface area contributed by atoms with E-state index in [-0.39, 0.29) is 5.69 Å². The van der Waals surface area contributed by atoms with Gasteiger partial charge in [-0.2, -0.15) is 13.2 Å². The van der Waals surface area contributed by atoms with Crippen LogP contribution in [0.3, 0.4) is 0 Å². The number of nitrogens with one attached hydrogen (secondary N) is 1. The fourth-order valence-electron chi connectivity index (χ4n) is 3.55. The molecule has 0 saturated heterocycles. The van der Waals surface area contributed by atoms with Crippen molar-refractivity contribution in [3.63, 3.8) is 0 Å². The summed E-state index contributed by atoms with van der Waals surface area (Å²) in [6, 6.07) is 9.50. The monoisotopic (exact) mass is 471 g/mol. The SMILES string of the molecule is Cc1ccc(-c2csc3ncn(C(C)C(=O)Nc4ccccc4C(F)(F)F)c(=O)c23)cc1C. The summed E-state index contributed by atoms with van der Waals surface area (Å²) in [5, 5.41) is 4.52. The van der Waals surface area contributed by atoms with Gasteiger partial charge in [-0.15, -0.1) is 11.3 Å². The van der Waals surface area contributed by atoms with Crippen molar-refractivity contribution in [3.05, 3.63) is 81.2 Å². The van der Waals surface area contributed by atoms with E-state index in [1.54, 1.807) is 0 Å². The molecule has 0 radical (unpaired) electrons.